The Labute approximate surface area is 164 Å². The van der Waals surface area contributed by atoms with Crippen LogP contribution in [0.1, 0.15) is 22.8 Å². The molecule has 0 saturated carbocycles. The number of nitrogens with one attached hydrogen (secondary N) is 1. The Morgan fingerprint density at radius 1 is 1.31 bits per heavy atom. The molecule has 0 saturated heterocycles. The highest BCUT2D eigenvalue weighted by Gasteiger charge is 2.14. The first-order chi connectivity index (χ1) is 12.6. The standard InChI is InChI=1S/C18H16BrClN4O2/c1-2-26-17-15(19)7-14(20)8-16(17)23-18(25)13-5-3-12(4-6-13)9-24-11-21-10-22-24/h3-8,10-11H,2,9H2,1H3,(H,23,25). The molecule has 0 atom stereocenters. The maximum Gasteiger partial charge on any atom is 0.255 e. The molecule has 1 heterocycles. The van der Waals surface area contributed by atoms with Crippen molar-refractivity contribution in [3.8, 4) is 5.75 Å². The third kappa shape index (κ3) is 4.42. The normalized spacial score (nSPS) is 10.6. The fraction of sp³-hybridized carbons (Fsp3) is 0.167. The fourth-order valence-corrected chi connectivity index (χ4v) is 3.33. The molecule has 8 heteroatoms. The molecule has 6 nitrogen and oxygen atoms in total. The first kappa shape index (κ1) is 18.4. The van der Waals surface area contributed by atoms with Crippen LogP contribution in [0.15, 0.2) is 53.5 Å². The third-order valence-electron chi connectivity index (χ3n) is 3.57. The van der Waals surface area contributed by atoms with Gasteiger partial charge in [-0.3, -0.25) is 4.79 Å². The number of anilines is 1. The topological polar surface area (TPSA) is 69.0 Å². The third-order valence-corrected chi connectivity index (χ3v) is 4.38. The van der Waals surface area contributed by atoms with E-state index in [9.17, 15) is 4.79 Å². The van der Waals surface area contributed by atoms with Crippen molar-refractivity contribution in [2.24, 2.45) is 0 Å². The molecule has 26 heavy (non-hydrogen) atoms. The summed E-state index contributed by atoms with van der Waals surface area (Å²) in [5, 5.41) is 7.42. The molecule has 0 aliphatic carbocycles. The average molecular weight is 436 g/mol. The number of carbonyl (C=O) groups excluding carboxylic acids is 1. The van der Waals surface area contributed by atoms with E-state index in [1.807, 2.05) is 19.1 Å². The number of aromatic nitrogens is 3. The number of rotatable bonds is 6. The van der Waals surface area contributed by atoms with Crippen molar-refractivity contribution in [2.75, 3.05) is 11.9 Å². The van der Waals surface area contributed by atoms with E-state index in [2.05, 4.69) is 31.3 Å². The summed E-state index contributed by atoms with van der Waals surface area (Å²) >= 11 is 9.50. The molecule has 0 spiro atoms. The second kappa shape index (κ2) is 8.33. The molecule has 0 fully saturated rings. The number of amides is 1. The van der Waals surface area contributed by atoms with Gasteiger partial charge in [0, 0.05) is 10.6 Å². The lowest BCUT2D eigenvalue weighted by Crippen LogP contribution is -2.13. The number of hydrogen-bond donors (Lipinski definition) is 1. The summed E-state index contributed by atoms with van der Waals surface area (Å²) in [5.74, 6) is 0.306. The minimum absolute atomic E-state index is 0.243. The zero-order chi connectivity index (χ0) is 18.5. The zero-order valence-corrected chi connectivity index (χ0v) is 16.3. The summed E-state index contributed by atoms with van der Waals surface area (Å²) in [4.78, 5) is 16.5. The number of nitrogens with zero attached hydrogens (tertiary/aromatic N) is 3. The van der Waals surface area contributed by atoms with Gasteiger partial charge in [0.15, 0.2) is 5.75 Å². The summed E-state index contributed by atoms with van der Waals surface area (Å²) in [7, 11) is 0. The van der Waals surface area contributed by atoms with Crippen LogP contribution in [-0.4, -0.2) is 27.3 Å². The molecule has 1 aromatic heterocycles. The maximum absolute atomic E-state index is 12.6. The van der Waals surface area contributed by atoms with Gasteiger partial charge in [-0.15, -0.1) is 0 Å². The Balaban J connectivity index is 1.76. The Kier molecular flexibility index (Phi) is 5.90. The summed E-state index contributed by atoms with van der Waals surface area (Å²) in [6, 6.07) is 10.7. The minimum Gasteiger partial charge on any atom is -0.491 e. The second-order valence-corrected chi connectivity index (χ2v) is 6.73. The van der Waals surface area contributed by atoms with Crippen molar-refractivity contribution in [1.82, 2.24) is 14.8 Å². The van der Waals surface area contributed by atoms with Gasteiger partial charge in [0.1, 0.15) is 12.7 Å². The largest absolute Gasteiger partial charge is 0.491 e. The summed E-state index contributed by atoms with van der Waals surface area (Å²) in [6.07, 6.45) is 3.13. The van der Waals surface area contributed by atoms with Crippen LogP contribution in [0, 0.1) is 0 Å². The Morgan fingerprint density at radius 2 is 2.08 bits per heavy atom. The van der Waals surface area contributed by atoms with Crippen LogP contribution in [0.3, 0.4) is 0 Å². The Bertz CT molecular complexity index is 898. The van der Waals surface area contributed by atoms with Gasteiger partial charge in [-0.25, -0.2) is 9.67 Å². The molecule has 134 valence electrons. The van der Waals surface area contributed by atoms with E-state index in [0.29, 0.717) is 39.6 Å². The van der Waals surface area contributed by atoms with Gasteiger partial charge >= 0.3 is 0 Å². The van der Waals surface area contributed by atoms with Crippen LogP contribution >= 0.6 is 27.5 Å². The molecule has 1 N–H and O–H groups in total. The second-order valence-electron chi connectivity index (χ2n) is 5.44. The highest BCUT2D eigenvalue weighted by molar-refractivity contribution is 9.10. The van der Waals surface area contributed by atoms with Crippen LogP contribution in [0.4, 0.5) is 5.69 Å². The predicted octanol–water partition coefficient (Wildman–Crippen LogP) is 4.39. The van der Waals surface area contributed by atoms with E-state index in [0.717, 1.165) is 5.56 Å². The fourth-order valence-electron chi connectivity index (χ4n) is 2.40. The predicted molar refractivity (Wildman–Crippen MR) is 104 cm³/mol. The number of benzene rings is 2. The van der Waals surface area contributed by atoms with E-state index < -0.39 is 0 Å². The molecule has 0 aliphatic heterocycles. The Morgan fingerprint density at radius 3 is 2.73 bits per heavy atom. The van der Waals surface area contributed by atoms with Crippen molar-refractivity contribution in [3.05, 3.63) is 69.7 Å². The van der Waals surface area contributed by atoms with Gasteiger partial charge in [0.25, 0.3) is 5.91 Å². The van der Waals surface area contributed by atoms with E-state index in [1.54, 1.807) is 35.3 Å². The van der Waals surface area contributed by atoms with Crippen LogP contribution < -0.4 is 10.1 Å². The van der Waals surface area contributed by atoms with Gasteiger partial charge in [-0.2, -0.15) is 5.10 Å². The molecular weight excluding hydrogens is 420 g/mol. The Hall–Kier alpha value is -2.38. The van der Waals surface area contributed by atoms with Crippen molar-refractivity contribution in [2.45, 2.75) is 13.5 Å². The minimum atomic E-state index is -0.243. The first-order valence-electron chi connectivity index (χ1n) is 7.91. The SMILES string of the molecule is CCOc1c(Br)cc(Cl)cc1NC(=O)c1ccc(Cn2cncn2)cc1. The molecule has 0 radical (unpaired) electrons. The van der Waals surface area contributed by atoms with Crippen molar-refractivity contribution in [3.63, 3.8) is 0 Å². The molecule has 2 aromatic carbocycles. The highest BCUT2D eigenvalue weighted by atomic mass is 79.9. The smallest absolute Gasteiger partial charge is 0.255 e. The van der Waals surface area contributed by atoms with Crippen LogP contribution in [0.25, 0.3) is 0 Å². The number of ether oxygens (including phenoxy) is 1. The molecular formula is C18H16BrClN4O2. The lowest BCUT2D eigenvalue weighted by atomic mass is 10.1. The molecule has 3 rings (SSSR count). The van der Waals surface area contributed by atoms with E-state index in [4.69, 9.17) is 16.3 Å². The molecule has 3 aromatic rings. The van der Waals surface area contributed by atoms with Crippen LogP contribution in [0.5, 0.6) is 5.75 Å². The number of hydrogen-bond acceptors (Lipinski definition) is 4. The monoisotopic (exact) mass is 434 g/mol. The lowest BCUT2D eigenvalue weighted by Gasteiger charge is -2.14. The molecule has 0 bridgehead atoms. The lowest BCUT2D eigenvalue weighted by molar-refractivity contribution is 0.102. The van der Waals surface area contributed by atoms with E-state index >= 15 is 0 Å². The molecule has 0 unspecified atom stereocenters. The highest BCUT2D eigenvalue weighted by Crippen LogP contribution is 2.36. The van der Waals surface area contributed by atoms with Crippen molar-refractivity contribution >= 4 is 39.1 Å². The van der Waals surface area contributed by atoms with Gasteiger partial charge < -0.3 is 10.1 Å². The van der Waals surface area contributed by atoms with Gasteiger partial charge in [0.05, 0.1) is 23.3 Å². The van der Waals surface area contributed by atoms with Gasteiger partial charge in [-0.05, 0) is 52.7 Å². The zero-order valence-electron chi connectivity index (χ0n) is 13.9. The van der Waals surface area contributed by atoms with Gasteiger partial charge in [0.2, 0.25) is 0 Å². The summed E-state index contributed by atoms with van der Waals surface area (Å²) in [5.41, 5.74) is 2.07. The molecule has 1 amide bonds. The van der Waals surface area contributed by atoms with Crippen molar-refractivity contribution in [1.29, 1.82) is 0 Å². The summed E-state index contributed by atoms with van der Waals surface area (Å²) in [6.45, 7) is 2.94. The quantitative estimate of drug-likeness (QED) is 0.623. The average Bonchev–Trinajstić information content (AvgIpc) is 3.11. The number of carbonyl (C=O) groups is 1. The molecule has 0 aliphatic rings. The van der Waals surface area contributed by atoms with Gasteiger partial charge in [-0.1, -0.05) is 23.7 Å². The van der Waals surface area contributed by atoms with Crippen molar-refractivity contribution < 1.29 is 9.53 Å². The number of halogens is 2. The van der Waals surface area contributed by atoms with Crippen LogP contribution in [-0.2, 0) is 6.54 Å². The summed E-state index contributed by atoms with van der Waals surface area (Å²) < 4.78 is 8.00. The first-order valence-corrected chi connectivity index (χ1v) is 9.08. The van der Waals surface area contributed by atoms with E-state index in [-0.39, 0.29) is 5.91 Å². The van der Waals surface area contributed by atoms with E-state index in [1.165, 1.54) is 6.33 Å². The van der Waals surface area contributed by atoms with Crippen LogP contribution in [0.2, 0.25) is 5.02 Å². The maximum atomic E-state index is 12.6.